The molecule has 1 aromatic rings. The first kappa shape index (κ1) is 12.9. The molecule has 1 rings (SSSR count). The number of hydrogen-bond acceptors (Lipinski definition) is 3. The third-order valence-corrected chi connectivity index (χ3v) is 3.42. The van der Waals surface area contributed by atoms with E-state index in [-0.39, 0.29) is 0 Å². The maximum atomic E-state index is 10.8. The fourth-order valence-electron chi connectivity index (χ4n) is 1.33. The second kappa shape index (κ2) is 6.43. The van der Waals surface area contributed by atoms with Gasteiger partial charge in [0.05, 0.1) is 5.56 Å². The highest BCUT2D eigenvalue weighted by Crippen LogP contribution is 2.27. The molecule has 0 aliphatic heterocycles. The van der Waals surface area contributed by atoms with E-state index >= 15 is 0 Å². The van der Waals surface area contributed by atoms with Gasteiger partial charge in [-0.1, -0.05) is 19.8 Å². The van der Waals surface area contributed by atoms with Gasteiger partial charge < -0.3 is 10.8 Å². The summed E-state index contributed by atoms with van der Waals surface area (Å²) in [5.74, 6) is 0.0802. The monoisotopic (exact) mass is 239 g/mol. The molecular weight excluding hydrogens is 222 g/mol. The van der Waals surface area contributed by atoms with Crippen molar-refractivity contribution in [1.82, 2.24) is 0 Å². The smallest absolute Gasteiger partial charge is 0.335 e. The molecule has 0 aliphatic rings. The number of aromatic carboxylic acids is 1. The van der Waals surface area contributed by atoms with E-state index in [0.717, 1.165) is 17.1 Å². The van der Waals surface area contributed by atoms with Gasteiger partial charge in [-0.15, -0.1) is 11.8 Å². The number of unbranched alkanes of at least 4 members (excludes halogenated alkanes) is 2. The van der Waals surface area contributed by atoms with Crippen LogP contribution in [0.3, 0.4) is 0 Å². The average molecular weight is 239 g/mol. The van der Waals surface area contributed by atoms with E-state index in [1.54, 1.807) is 23.9 Å². The van der Waals surface area contributed by atoms with Gasteiger partial charge in [-0.05, 0) is 30.4 Å². The number of rotatable bonds is 6. The molecule has 0 bridgehead atoms. The maximum Gasteiger partial charge on any atom is 0.335 e. The highest BCUT2D eigenvalue weighted by atomic mass is 32.2. The molecule has 0 radical (unpaired) electrons. The van der Waals surface area contributed by atoms with Crippen molar-refractivity contribution in [2.24, 2.45) is 0 Å². The van der Waals surface area contributed by atoms with Gasteiger partial charge in [-0.2, -0.15) is 0 Å². The zero-order valence-electron chi connectivity index (χ0n) is 9.40. The van der Waals surface area contributed by atoms with Crippen LogP contribution in [0.1, 0.15) is 36.5 Å². The van der Waals surface area contributed by atoms with Gasteiger partial charge in [0, 0.05) is 10.6 Å². The van der Waals surface area contributed by atoms with Crippen LogP contribution >= 0.6 is 11.8 Å². The Morgan fingerprint density at radius 3 is 2.81 bits per heavy atom. The summed E-state index contributed by atoms with van der Waals surface area (Å²) in [6.07, 6.45) is 3.52. The molecule has 0 amide bonds. The Balaban J connectivity index is 2.63. The summed E-state index contributed by atoms with van der Waals surface area (Å²) >= 11 is 1.63. The number of nitrogens with two attached hydrogens (primary N) is 1. The lowest BCUT2D eigenvalue weighted by atomic mass is 10.2. The van der Waals surface area contributed by atoms with Crippen molar-refractivity contribution in [2.75, 3.05) is 11.5 Å². The van der Waals surface area contributed by atoms with Crippen molar-refractivity contribution in [3.8, 4) is 0 Å². The molecule has 3 nitrogen and oxygen atoms in total. The molecule has 0 fully saturated rings. The molecule has 0 saturated heterocycles. The van der Waals surface area contributed by atoms with Crippen LogP contribution in [0.25, 0.3) is 0 Å². The van der Waals surface area contributed by atoms with Gasteiger partial charge in [0.25, 0.3) is 0 Å². The van der Waals surface area contributed by atoms with E-state index < -0.39 is 5.97 Å². The lowest BCUT2D eigenvalue weighted by Crippen LogP contribution is -1.98. The lowest BCUT2D eigenvalue weighted by Gasteiger charge is -2.06. The predicted octanol–water partition coefficient (Wildman–Crippen LogP) is 3.25. The number of carbonyl (C=O) groups is 1. The Morgan fingerprint density at radius 2 is 2.19 bits per heavy atom. The molecule has 1 aromatic carbocycles. The Morgan fingerprint density at radius 1 is 1.44 bits per heavy atom. The van der Waals surface area contributed by atoms with Gasteiger partial charge in [0.1, 0.15) is 0 Å². The fourth-order valence-corrected chi connectivity index (χ4v) is 2.34. The average Bonchev–Trinajstić information content (AvgIpc) is 2.26. The maximum absolute atomic E-state index is 10.8. The Bertz CT molecular complexity index is 366. The van der Waals surface area contributed by atoms with Crippen LogP contribution in [0.5, 0.6) is 0 Å². The van der Waals surface area contributed by atoms with E-state index in [0.29, 0.717) is 11.3 Å². The van der Waals surface area contributed by atoms with Crippen molar-refractivity contribution >= 4 is 23.4 Å². The molecule has 0 aromatic heterocycles. The number of thioether (sulfide) groups is 1. The highest BCUT2D eigenvalue weighted by Gasteiger charge is 2.06. The Hall–Kier alpha value is -1.16. The van der Waals surface area contributed by atoms with Crippen LogP contribution in [-0.4, -0.2) is 16.8 Å². The largest absolute Gasteiger partial charge is 0.478 e. The van der Waals surface area contributed by atoms with Gasteiger partial charge in [-0.25, -0.2) is 4.79 Å². The number of carboxylic acids is 1. The molecule has 16 heavy (non-hydrogen) atoms. The summed E-state index contributed by atoms with van der Waals surface area (Å²) in [5, 5.41) is 8.86. The SMILES string of the molecule is CCCCCSc1cc(C(=O)O)ccc1N. The number of hydrogen-bond donors (Lipinski definition) is 2. The van der Waals surface area contributed by atoms with Crippen LogP contribution in [0.15, 0.2) is 23.1 Å². The van der Waals surface area contributed by atoms with Crippen molar-refractivity contribution in [1.29, 1.82) is 0 Å². The van der Waals surface area contributed by atoms with Crippen LogP contribution in [0, 0.1) is 0 Å². The van der Waals surface area contributed by atoms with Crippen LogP contribution in [-0.2, 0) is 0 Å². The summed E-state index contributed by atoms with van der Waals surface area (Å²) in [6.45, 7) is 2.16. The van der Waals surface area contributed by atoms with Crippen molar-refractivity contribution in [2.45, 2.75) is 31.1 Å². The first-order valence-electron chi connectivity index (χ1n) is 5.40. The third kappa shape index (κ3) is 3.77. The molecule has 0 saturated carbocycles. The summed E-state index contributed by atoms with van der Waals surface area (Å²) in [6, 6.07) is 4.84. The van der Waals surface area contributed by atoms with E-state index in [1.165, 1.54) is 18.9 Å². The van der Waals surface area contributed by atoms with Crippen molar-refractivity contribution in [3.05, 3.63) is 23.8 Å². The van der Waals surface area contributed by atoms with Gasteiger partial charge >= 0.3 is 5.97 Å². The Labute approximate surface area is 100 Å². The summed E-state index contributed by atoms with van der Waals surface area (Å²) in [7, 11) is 0. The number of anilines is 1. The van der Waals surface area contributed by atoms with Gasteiger partial charge in [0.2, 0.25) is 0 Å². The number of nitrogen functional groups attached to an aromatic ring is 1. The number of carboxylic acid groups (broad SMARTS) is 1. The topological polar surface area (TPSA) is 63.3 Å². The zero-order valence-corrected chi connectivity index (χ0v) is 10.2. The zero-order chi connectivity index (χ0) is 12.0. The normalized spacial score (nSPS) is 10.3. The second-order valence-electron chi connectivity index (χ2n) is 3.61. The quantitative estimate of drug-likeness (QED) is 0.454. The molecule has 88 valence electrons. The summed E-state index contributed by atoms with van der Waals surface area (Å²) in [4.78, 5) is 11.7. The van der Waals surface area contributed by atoms with Crippen LogP contribution < -0.4 is 5.73 Å². The van der Waals surface area contributed by atoms with Crippen LogP contribution in [0.4, 0.5) is 5.69 Å². The molecule has 3 N–H and O–H groups in total. The van der Waals surface area contributed by atoms with Crippen molar-refractivity contribution in [3.63, 3.8) is 0 Å². The first-order chi connectivity index (χ1) is 7.65. The molecule has 4 heteroatoms. The third-order valence-electron chi connectivity index (χ3n) is 2.27. The predicted molar refractivity (Wildman–Crippen MR) is 68.1 cm³/mol. The molecule has 0 atom stereocenters. The van der Waals surface area contributed by atoms with Gasteiger partial charge in [0.15, 0.2) is 0 Å². The molecular formula is C12H17NO2S. The molecule has 0 heterocycles. The molecule has 0 unspecified atom stereocenters. The minimum Gasteiger partial charge on any atom is -0.478 e. The second-order valence-corrected chi connectivity index (χ2v) is 4.75. The summed E-state index contributed by atoms with van der Waals surface area (Å²) < 4.78 is 0. The lowest BCUT2D eigenvalue weighted by molar-refractivity contribution is 0.0696. The fraction of sp³-hybridized carbons (Fsp3) is 0.417. The number of benzene rings is 1. The van der Waals surface area contributed by atoms with E-state index in [1.807, 2.05) is 0 Å². The van der Waals surface area contributed by atoms with E-state index in [4.69, 9.17) is 10.8 Å². The van der Waals surface area contributed by atoms with Crippen molar-refractivity contribution < 1.29 is 9.90 Å². The Kier molecular flexibility index (Phi) is 5.19. The molecule has 0 aliphatic carbocycles. The summed E-state index contributed by atoms with van der Waals surface area (Å²) in [5.41, 5.74) is 6.75. The minimum atomic E-state index is -0.907. The first-order valence-corrected chi connectivity index (χ1v) is 6.39. The standard InChI is InChI=1S/C12H17NO2S/c1-2-3-4-7-16-11-8-9(12(14)15)5-6-10(11)13/h5-6,8H,2-4,7,13H2,1H3,(H,14,15). The molecule has 0 spiro atoms. The minimum absolute atomic E-state index is 0.298. The van der Waals surface area contributed by atoms with E-state index in [2.05, 4.69) is 6.92 Å². The highest BCUT2D eigenvalue weighted by molar-refractivity contribution is 7.99. The van der Waals surface area contributed by atoms with Crippen LogP contribution in [0.2, 0.25) is 0 Å². The van der Waals surface area contributed by atoms with E-state index in [9.17, 15) is 4.79 Å². The van der Waals surface area contributed by atoms with Gasteiger partial charge in [-0.3, -0.25) is 0 Å².